The van der Waals surface area contributed by atoms with Crippen molar-refractivity contribution < 1.29 is 9.53 Å². The fraction of sp³-hybridized carbons (Fsp3) is 0.444. The van der Waals surface area contributed by atoms with Crippen molar-refractivity contribution in [2.75, 3.05) is 13.2 Å². The molecule has 0 saturated carbocycles. The zero-order chi connectivity index (χ0) is 16.9. The Morgan fingerprint density at radius 2 is 2.29 bits per heavy atom. The summed E-state index contributed by atoms with van der Waals surface area (Å²) in [7, 11) is 0. The van der Waals surface area contributed by atoms with Crippen molar-refractivity contribution in [1.82, 2.24) is 14.9 Å². The summed E-state index contributed by atoms with van der Waals surface area (Å²) in [5, 5.41) is 2.96. The molecule has 2 heterocycles. The second kappa shape index (κ2) is 7.94. The van der Waals surface area contributed by atoms with Gasteiger partial charge in [0, 0.05) is 24.1 Å². The molecule has 0 aliphatic carbocycles. The van der Waals surface area contributed by atoms with E-state index in [1.165, 1.54) is 0 Å². The van der Waals surface area contributed by atoms with Crippen LogP contribution in [0, 0.1) is 0 Å². The zero-order valence-electron chi connectivity index (χ0n) is 13.6. The Balaban J connectivity index is 1.60. The van der Waals surface area contributed by atoms with Crippen LogP contribution in [0.5, 0.6) is 0 Å². The average Bonchev–Trinajstić information content (AvgIpc) is 3.20. The van der Waals surface area contributed by atoms with E-state index in [0.29, 0.717) is 19.7 Å². The maximum absolute atomic E-state index is 11.9. The van der Waals surface area contributed by atoms with Gasteiger partial charge in [-0.1, -0.05) is 34.6 Å². The van der Waals surface area contributed by atoms with Gasteiger partial charge in [0.1, 0.15) is 11.9 Å². The number of ether oxygens (including phenoxy) is 1. The van der Waals surface area contributed by atoms with Gasteiger partial charge >= 0.3 is 0 Å². The highest BCUT2D eigenvalue weighted by atomic mass is 79.9. The quantitative estimate of drug-likeness (QED) is 0.737. The molecule has 1 fully saturated rings. The number of fused-ring (bicyclic) bond motifs is 1. The Hall–Kier alpha value is -1.66. The summed E-state index contributed by atoms with van der Waals surface area (Å²) in [5.74, 6) is 1.03. The average molecular weight is 392 g/mol. The van der Waals surface area contributed by atoms with Crippen LogP contribution in [-0.4, -0.2) is 34.7 Å². The van der Waals surface area contributed by atoms with E-state index >= 15 is 0 Å². The van der Waals surface area contributed by atoms with Gasteiger partial charge in [-0.2, -0.15) is 0 Å². The monoisotopic (exact) mass is 391 g/mol. The summed E-state index contributed by atoms with van der Waals surface area (Å²) in [6, 6.07) is 8.10. The molecule has 1 aliphatic heterocycles. The number of nitrogens with one attached hydrogen (secondary N) is 1. The minimum atomic E-state index is -0.258. The fourth-order valence-electron chi connectivity index (χ4n) is 3.02. The summed E-state index contributed by atoms with van der Waals surface area (Å²) in [6.07, 6.45) is 3.19. The van der Waals surface area contributed by atoms with E-state index in [2.05, 4.69) is 38.5 Å². The van der Waals surface area contributed by atoms with Gasteiger partial charge in [0.05, 0.1) is 17.6 Å². The highest BCUT2D eigenvalue weighted by molar-refractivity contribution is 9.11. The lowest BCUT2D eigenvalue weighted by molar-refractivity contribution is -0.130. The summed E-state index contributed by atoms with van der Waals surface area (Å²) >= 11 is 3.44. The predicted molar refractivity (Wildman–Crippen MR) is 98.1 cm³/mol. The number of halogens is 1. The van der Waals surface area contributed by atoms with Crippen molar-refractivity contribution >= 4 is 32.9 Å². The maximum atomic E-state index is 11.9. The number of aromatic nitrogens is 2. The molecular formula is C18H22BrN3O2. The summed E-state index contributed by atoms with van der Waals surface area (Å²) < 4.78 is 8.48. The smallest absolute Gasteiger partial charge is 0.249 e. The molecule has 128 valence electrons. The van der Waals surface area contributed by atoms with E-state index in [-0.39, 0.29) is 12.0 Å². The van der Waals surface area contributed by atoms with E-state index in [9.17, 15) is 4.79 Å². The van der Waals surface area contributed by atoms with Crippen LogP contribution in [0.15, 0.2) is 35.3 Å². The number of hydrogen-bond donors (Lipinski definition) is 1. The number of nitrogens with zero attached hydrogens (tertiary/aromatic N) is 2. The van der Waals surface area contributed by atoms with Crippen LogP contribution in [-0.2, 0) is 22.5 Å². The van der Waals surface area contributed by atoms with Gasteiger partial charge in [-0.15, -0.1) is 0 Å². The van der Waals surface area contributed by atoms with Crippen LogP contribution in [0.4, 0.5) is 0 Å². The Labute approximate surface area is 150 Å². The van der Waals surface area contributed by atoms with Gasteiger partial charge in [-0.05, 0) is 31.4 Å². The standard InChI is InChI=1S/C18H22BrN3O2/c1-13(19)12-22-15-7-3-2-6-14(15)21-17(22)9-4-10-20-18(23)16-8-5-11-24-16/h2-3,6-7,16H,1,4-5,8-12H2,(H,20,23). The van der Waals surface area contributed by atoms with E-state index < -0.39 is 0 Å². The first-order valence-electron chi connectivity index (χ1n) is 8.32. The topological polar surface area (TPSA) is 56.2 Å². The number of aryl methyl sites for hydroxylation is 1. The number of rotatable bonds is 7. The second-order valence-electron chi connectivity index (χ2n) is 6.02. The highest BCUT2D eigenvalue weighted by Crippen LogP contribution is 2.20. The Morgan fingerprint density at radius 1 is 1.46 bits per heavy atom. The molecule has 1 atom stereocenters. The van der Waals surface area contributed by atoms with E-state index in [4.69, 9.17) is 9.72 Å². The van der Waals surface area contributed by atoms with E-state index in [1.807, 2.05) is 18.2 Å². The first-order valence-corrected chi connectivity index (χ1v) is 9.11. The molecule has 24 heavy (non-hydrogen) atoms. The van der Waals surface area contributed by atoms with Crippen LogP contribution in [0.1, 0.15) is 25.1 Å². The normalized spacial score (nSPS) is 17.3. The number of amides is 1. The Kier molecular flexibility index (Phi) is 5.68. The van der Waals surface area contributed by atoms with Crippen LogP contribution in [0.25, 0.3) is 11.0 Å². The molecule has 1 aromatic carbocycles. The Bertz CT molecular complexity index is 735. The van der Waals surface area contributed by atoms with Crippen molar-refractivity contribution in [2.45, 2.75) is 38.3 Å². The Morgan fingerprint density at radius 3 is 3.04 bits per heavy atom. The van der Waals surface area contributed by atoms with E-state index in [1.54, 1.807) is 0 Å². The van der Waals surface area contributed by atoms with Crippen LogP contribution in [0.3, 0.4) is 0 Å². The van der Waals surface area contributed by atoms with E-state index in [0.717, 1.165) is 47.0 Å². The number of benzene rings is 1. The molecule has 1 amide bonds. The molecule has 1 saturated heterocycles. The lowest BCUT2D eigenvalue weighted by atomic mass is 10.2. The third kappa shape index (κ3) is 4.05. The van der Waals surface area contributed by atoms with Crippen LogP contribution < -0.4 is 5.32 Å². The molecular weight excluding hydrogens is 370 g/mol. The van der Waals surface area contributed by atoms with Gasteiger partial charge < -0.3 is 14.6 Å². The highest BCUT2D eigenvalue weighted by Gasteiger charge is 2.22. The molecule has 1 aromatic heterocycles. The second-order valence-corrected chi connectivity index (χ2v) is 7.14. The lowest BCUT2D eigenvalue weighted by Crippen LogP contribution is -2.34. The van der Waals surface area contributed by atoms with Gasteiger partial charge in [0.15, 0.2) is 0 Å². The molecule has 1 unspecified atom stereocenters. The van der Waals surface area contributed by atoms with Crippen molar-refractivity contribution in [3.05, 3.63) is 41.2 Å². The number of carbonyl (C=O) groups excluding carboxylic acids is 1. The van der Waals surface area contributed by atoms with Gasteiger partial charge in [0.25, 0.3) is 0 Å². The van der Waals surface area contributed by atoms with Crippen molar-refractivity contribution in [2.24, 2.45) is 0 Å². The number of hydrogen-bond acceptors (Lipinski definition) is 3. The molecule has 1 aliphatic rings. The number of carbonyl (C=O) groups is 1. The molecule has 1 N–H and O–H groups in total. The first kappa shape index (κ1) is 17.2. The molecule has 5 nitrogen and oxygen atoms in total. The molecule has 3 rings (SSSR count). The maximum Gasteiger partial charge on any atom is 0.249 e. The number of para-hydroxylation sites is 2. The summed E-state index contributed by atoms with van der Waals surface area (Å²) in [6.45, 7) is 5.96. The minimum absolute atomic E-state index is 0.00911. The SMILES string of the molecule is C=C(Br)Cn1c(CCCNC(=O)C2CCCO2)nc2ccccc21. The third-order valence-corrected chi connectivity index (χ3v) is 4.41. The number of allylic oxidation sites excluding steroid dienone is 1. The van der Waals surface area contributed by atoms with Crippen LogP contribution in [0.2, 0.25) is 0 Å². The van der Waals surface area contributed by atoms with Gasteiger partial charge in [-0.3, -0.25) is 4.79 Å². The van der Waals surface area contributed by atoms with Crippen molar-refractivity contribution in [1.29, 1.82) is 0 Å². The van der Waals surface area contributed by atoms with Gasteiger partial charge in [-0.25, -0.2) is 4.98 Å². The minimum Gasteiger partial charge on any atom is -0.368 e. The summed E-state index contributed by atoms with van der Waals surface area (Å²) in [5.41, 5.74) is 2.10. The summed E-state index contributed by atoms with van der Waals surface area (Å²) in [4.78, 5) is 16.7. The zero-order valence-corrected chi connectivity index (χ0v) is 15.2. The fourth-order valence-corrected chi connectivity index (χ4v) is 3.27. The number of imidazole rings is 1. The third-order valence-electron chi connectivity index (χ3n) is 4.16. The molecule has 0 spiro atoms. The van der Waals surface area contributed by atoms with Gasteiger partial charge in [0.2, 0.25) is 5.91 Å². The largest absolute Gasteiger partial charge is 0.368 e. The lowest BCUT2D eigenvalue weighted by Gasteiger charge is -2.11. The predicted octanol–water partition coefficient (Wildman–Crippen LogP) is 3.17. The van der Waals surface area contributed by atoms with Crippen LogP contribution >= 0.6 is 15.9 Å². The molecule has 6 heteroatoms. The molecule has 0 bridgehead atoms. The molecule has 0 radical (unpaired) electrons. The van der Waals surface area contributed by atoms with Crippen molar-refractivity contribution in [3.63, 3.8) is 0 Å². The first-order chi connectivity index (χ1) is 11.6. The van der Waals surface area contributed by atoms with Crippen molar-refractivity contribution in [3.8, 4) is 0 Å². The molecule has 2 aromatic rings.